The second-order valence-corrected chi connectivity index (χ2v) is 3.56. The van der Waals surface area contributed by atoms with Gasteiger partial charge in [-0.3, -0.25) is 0 Å². The van der Waals surface area contributed by atoms with Gasteiger partial charge in [-0.25, -0.2) is 0 Å². The fourth-order valence-corrected chi connectivity index (χ4v) is 1.46. The smallest absolute Gasteiger partial charge is 0.119 e. The molecule has 0 bridgehead atoms. The first-order valence-corrected chi connectivity index (χ1v) is 4.78. The third-order valence-corrected chi connectivity index (χ3v) is 2.43. The van der Waals surface area contributed by atoms with Gasteiger partial charge in [0, 0.05) is 5.69 Å². The molecular formula is C11H15NO2. The molecule has 1 aliphatic heterocycles. The molecule has 1 saturated heterocycles. The molecule has 1 aliphatic rings. The lowest BCUT2D eigenvalue weighted by atomic mass is 10.1. The largest absolute Gasteiger partial charge is 0.497 e. The molecule has 0 aliphatic carbocycles. The Labute approximate surface area is 84.0 Å². The average Bonchev–Trinajstić information content (AvgIpc) is 2.13. The molecule has 3 nitrogen and oxygen atoms in total. The van der Waals surface area contributed by atoms with Gasteiger partial charge in [-0.05, 0) is 30.7 Å². The van der Waals surface area contributed by atoms with Crippen LogP contribution in [0.3, 0.4) is 0 Å². The number of methoxy groups -OCH3 is 1. The first-order chi connectivity index (χ1) is 6.79. The molecule has 0 unspecified atom stereocenters. The van der Waals surface area contributed by atoms with Crippen LogP contribution in [0.2, 0.25) is 0 Å². The van der Waals surface area contributed by atoms with E-state index in [0.717, 1.165) is 19.0 Å². The first-order valence-electron chi connectivity index (χ1n) is 4.78. The molecule has 14 heavy (non-hydrogen) atoms. The number of anilines is 1. The molecule has 1 aromatic carbocycles. The summed E-state index contributed by atoms with van der Waals surface area (Å²) >= 11 is 0. The molecule has 1 N–H and O–H groups in total. The Kier molecular flexibility index (Phi) is 2.59. The van der Waals surface area contributed by atoms with Crippen molar-refractivity contribution in [1.82, 2.24) is 0 Å². The molecule has 0 saturated carbocycles. The summed E-state index contributed by atoms with van der Waals surface area (Å²) in [6, 6.07) is 6.52. The summed E-state index contributed by atoms with van der Waals surface area (Å²) in [5.74, 6) is 0.901. The highest BCUT2D eigenvalue weighted by Gasteiger charge is 2.18. The number of aryl methyl sites for hydroxylation is 1. The molecule has 2 rings (SSSR count). The summed E-state index contributed by atoms with van der Waals surface area (Å²) in [6.45, 7) is 3.70. The number of nitrogens with one attached hydrogen (secondary N) is 1. The maximum Gasteiger partial charge on any atom is 0.119 e. The fourth-order valence-electron chi connectivity index (χ4n) is 1.46. The Balaban J connectivity index is 2.09. The van der Waals surface area contributed by atoms with Crippen LogP contribution in [0.25, 0.3) is 0 Å². The second kappa shape index (κ2) is 3.88. The summed E-state index contributed by atoms with van der Waals surface area (Å²) in [7, 11) is 1.68. The highest BCUT2D eigenvalue weighted by Crippen LogP contribution is 2.22. The van der Waals surface area contributed by atoms with E-state index in [4.69, 9.17) is 9.47 Å². The van der Waals surface area contributed by atoms with Crippen LogP contribution >= 0.6 is 0 Å². The predicted octanol–water partition coefficient (Wildman–Crippen LogP) is 1.81. The summed E-state index contributed by atoms with van der Waals surface area (Å²) in [5.41, 5.74) is 2.37. The minimum atomic E-state index is 0.474. The second-order valence-electron chi connectivity index (χ2n) is 3.56. The zero-order chi connectivity index (χ0) is 9.97. The SMILES string of the molecule is COc1ccc(NC2COC2)c(C)c1. The number of rotatable bonds is 3. The topological polar surface area (TPSA) is 30.5 Å². The van der Waals surface area contributed by atoms with Gasteiger partial charge >= 0.3 is 0 Å². The summed E-state index contributed by atoms with van der Waals surface area (Å²) in [5, 5.41) is 3.42. The Morgan fingerprint density at radius 3 is 2.71 bits per heavy atom. The van der Waals surface area contributed by atoms with Crippen molar-refractivity contribution in [2.75, 3.05) is 25.6 Å². The van der Waals surface area contributed by atoms with Crippen LogP contribution in [0.15, 0.2) is 18.2 Å². The molecular weight excluding hydrogens is 178 g/mol. The van der Waals surface area contributed by atoms with Gasteiger partial charge < -0.3 is 14.8 Å². The number of hydrogen-bond acceptors (Lipinski definition) is 3. The molecule has 1 heterocycles. The van der Waals surface area contributed by atoms with Crippen molar-refractivity contribution in [3.8, 4) is 5.75 Å². The van der Waals surface area contributed by atoms with Gasteiger partial charge in [-0.1, -0.05) is 0 Å². The Hall–Kier alpha value is -1.22. The lowest BCUT2D eigenvalue weighted by Gasteiger charge is -2.28. The van der Waals surface area contributed by atoms with Gasteiger partial charge in [0.15, 0.2) is 0 Å². The first kappa shape index (κ1) is 9.34. The van der Waals surface area contributed by atoms with Crippen LogP contribution in [0.1, 0.15) is 5.56 Å². The zero-order valence-electron chi connectivity index (χ0n) is 8.54. The quantitative estimate of drug-likeness (QED) is 0.794. The van der Waals surface area contributed by atoms with E-state index in [1.807, 2.05) is 18.2 Å². The predicted molar refractivity (Wildman–Crippen MR) is 56.0 cm³/mol. The third kappa shape index (κ3) is 1.82. The van der Waals surface area contributed by atoms with Crippen molar-refractivity contribution in [1.29, 1.82) is 0 Å². The van der Waals surface area contributed by atoms with E-state index >= 15 is 0 Å². The molecule has 3 heteroatoms. The van der Waals surface area contributed by atoms with Crippen molar-refractivity contribution in [3.63, 3.8) is 0 Å². The monoisotopic (exact) mass is 193 g/mol. The number of hydrogen-bond donors (Lipinski definition) is 1. The van der Waals surface area contributed by atoms with Crippen LogP contribution in [0.4, 0.5) is 5.69 Å². The highest BCUT2D eigenvalue weighted by atomic mass is 16.5. The van der Waals surface area contributed by atoms with Crippen LogP contribution in [-0.2, 0) is 4.74 Å². The van der Waals surface area contributed by atoms with Gasteiger partial charge in [-0.15, -0.1) is 0 Å². The molecule has 0 atom stereocenters. The van der Waals surface area contributed by atoms with E-state index in [1.165, 1.54) is 11.3 Å². The molecule has 1 aromatic rings. The Morgan fingerprint density at radius 2 is 2.21 bits per heavy atom. The molecule has 0 radical (unpaired) electrons. The van der Waals surface area contributed by atoms with Crippen LogP contribution in [0, 0.1) is 6.92 Å². The lowest BCUT2D eigenvalue weighted by molar-refractivity contribution is 0.0211. The van der Waals surface area contributed by atoms with Crippen molar-refractivity contribution < 1.29 is 9.47 Å². The minimum absolute atomic E-state index is 0.474. The molecule has 0 amide bonds. The third-order valence-electron chi connectivity index (χ3n) is 2.43. The molecule has 1 fully saturated rings. The van der Waals surface area contributed by atoms with Crippen LogP contribution < -0.4 is 10.1 Å². The van der Waals surface area contributed by atoms with E-state index < -0.39 is 0 Å². The van der Waals surface area contributed by atoms with Crippen molar-refractivity contribution in [3.05, 3.63) is 23.8 Å². The van der Waals surface area contributed by atoms with Crippen LogP contribution in [-0.4, -0.2) is 26.4 Å². The molecule has 0 spiro atoms. The van der Waals surface area contributed by atoms with Crippen molar-refractivity contribution >= 4 is 5.69 Å². The van der Waals surface area contributed by atoms with Gasteiger partial charge in [0.05, 0.1) is 26.4 Å². The summed E-state index contributed by atoms with van der Waals surface area (Å²) in [6.07, 6.45) is 0. The van der Waals surface area contributed by atoms with E-state index in [1.54, 1.807) is 7.11 Å². The van der Waals surface area contributed by atoms with Gasteiger partial charge in [0.25, 0.3) is 0 Å². The zero-order valence-corrected chi connectivity index (χ0v) is 8.54. The van der Waals surface area contributed by atoms with Crippen LogP contribution in [0.5, 0.6) is 5.75 Å². The molecule has 0 aromatic heterocycles. The molecule has 76 valence electrons. The number of benzene rings is 1. The maximum atomic E-state index is 5.14. The van der Waals surface area contributed by atoms with Crippen molar-refractivity contribution in [2.45, 2.75) is 13.0 Å². The number of ether oxygens (including phenoxy) is 2. The van der Waals surface area contributed by atoms with Gasteiger partial charge in [0.1, 0.15) is 5.75 Å². The van der Waals surface area contributed by atoms with Gasteiger partial charge in [-0.2, -0.15) is 0 Å². The Morgan fingerprint density at radius 1 is 1.43 bits per heavy atom. The fraction of sp³-hybridized carbons (Fsp3) is 0.455. The standard InChI is InChI=1S/C11H15NO2/c1-8-5-10(13-2)3-4-11(8)12-9-6-14-7-9/h3-5,9,12H,6-7H2,1-2H3. The summed E-state index contributed by atoms with van der Waals surface area (Å²) < 4.78 is 10.2. The summed E-state index contributed by atoms with van der Waals surface area (Å²) in [4.78, 5) is 0. The normalized spacial score (nSPS) is 16.1. The minimum Gasteiger partial charge on any atom is -0.497 e. The maximum absolute atomic E-state index is 5.14. The van der Waals surface area contributed by atoms with E-state index in [-0.39, 0.29) is 0 Å². The lowest BCUT2D eigenvalue weighted by Crippen LogP contribution is -2.40. The van der Waals surface area contributed by atoms with Crippen molar-refractivity contribution in [2.24, 2.45) is 0 Å². The highest BCUT2D eigenvalue weighted by molar-refractivity contribution is 5.54. The van der Waals surface area contributed by atoms with E-state index in [9.17, 15) is 0 Å². The Bertz CT molecular complexity index is 321. The van der Waals surface area contributed by atoms with Gasteiger partial charge in [0.2, 0.25) is 0 Å². The van der Waals surface area contributed by atoms with E-state index in [0.29, 0.717) is 6.04 Å². The average molecular weight is 193 g/mol. The van der Waals surface area contributed by atoms with E-state index in [2.05, 4.69) is 12.2 Å².